The molecule has 1 aliphatic carbocycles. The second-order valence-corrected chi connectivity index (χ2v) is 7.38. The Morgan fingerprint density at radius 2 is 2.17 bits per heavy atom. The lowest BCUT2D eigenvalue weighted by Gasteiger charge is -2.31. The van der Waals surface area contributed by atoms with Crippen molar-refractivity contribution in [3.63, 3.8) is 0 Å². The van der Waals surface area contributed by atoms with Gasteiger partial charge in [0.05, 0.1) is 0 Å². The molecule has 6 nitrogen and oxygen atoms in total. The van der Waals surface area contributed by atoms with Gasteiger partial charge in [0.25, 0.3) is 11.5 Å². The Balaban J connectivity index is 1.90. The molecule has 0 bridgehead atoms. The molecule has 1 saturated carbocycles. The number of thiazole rings is 1. The molecule has 3 rings (SSSR count). The Morgan fingerprint density at radius 1 is 1.43 bits per heavy atom. The number of carbonyl (C=O) groups excluding carboxylic acids is 1. The predicted octanol–water partition coefficient (Wildman–Crippen LogP) is 1.62. The molecule has 0 spiro atoms. The SMILES string of the molecule is Cc1sc2ncc(C(=O)NC3CCCCC3CN)c(=O)n2c1C. The van der Waals surface area contributed by atoms with Gasteiger partial charge in [-0.25, -0.2) is 4.98 Å². The zero-order chi connectivity index (χ0) is 16.6. The summed E-state index contributed by atoms with van der Waals surface area (Å²) in [6, 6.07) is 0.0478. The van der Waals surface area contributed by atoms with Gasteiger partial charge in [-0.15, -0.1) is 11.3 Å². The van der Waals surface area contributed by atoms with Gasteiger partial charge in [-0.3, -0.25) is 14.0 Å². The summed E-state index contributed by atoms with van der Waals surface area (Å²) in [5.41, 5.74) is 6.45. The van der Waals surface area contributed by atoms with E-state index >= 15 is 0 Å². The van der Waals surface area contributed by atoms with Crippen molar-refractivity contribution in [1.29, 1.82) is 0 Å². The van der Waals surface area contributed by atoms with Crippen LogP contribution in [0.4, 0.5) is 0 Å². The van der Waals surface area contributed by atoms with E-state index in [1.807, 2.05) is 13.8 Å². The van der Waals surface area contributed by atoms with Crippen LogP contribution in [0, 0.1) is 19.8 Å². The molecule has 23 heavy (non-hydrogen) atoms. The summed E-state index contributed by atoms with van der Waals surface area (Å²) in [7, 11) is 0. The molecule has 2 aromatic heterocycles. The number of nitrogens with one attached hydrogen (secondary N) is 1. The van der Waals surface area contributed by atoms with Crippen molar-refractivity contribution in [3.05, 3.63) is 32.7 Å². The minimum absolute atomic E-state index is 0.0478. The van der Waals surface area contributed by atoms with Gasteiger partial charge in [0.1, 0.15) is 5.56 Å². The molecule has 0 aliphatic heterocycles. The number of aromatic nitrogens is 2. The first-order chi connectivity index (χ1) is 11.0. The van der Waals surface area contributed by atoms with Gasteiger partial charge >= 0.3 is 0 Å². The third kappa shape index (κ3) is 2.90. The van der Waals surface area contributed by atoms with E-state index in [4.69, 9.17) is 5.73 Å². The first-order valence-corrected chi connectivity index (χ1v) is 8.83. The maximum Gasteiger partial charge on any atom is 0.271 e. The average Bonchev–Trinajstić information content (AvgIpc) is 2.83. The first-order valence-electron chi connectivity index (χ1n) is 8.01. The van der Waals surface area contributed by atoms with E-state index in [2.05, 4.69) is 10.3 Å². The van der Waals surface area contributed by atoms with E-state index in [0.717, 1.165) is 36.3 Å². The molecular formula is C16H22N4O2S. The van der Waals surface area contributed by atoms with Crippen LogP contribution in [0.5, 0.6) is 0 Å². The molecule has 1 fully saturated rings. The number of aryl methyl sites for hydroxylation is 2. The lowest BCUT2D eigenvalue weighted by atomic mass is 9.84. The average molecular weight is 334 g/mol. The van der Waals surface area contributed by atoms with E-state index < -0.39 is 0 Å². The number of amides is 1. The smallest absolute Gasteiger partial charge is 0.271 e. The van der Waals surface area contributed by atoms with Gasteiger partial charge in [-0.1, -0.05) is 12.8 Å². The van der Waals surface area contributed by atoms with Crippen LogP contribution in [0.25, 0.3) is 4.96 Å². The Kier molecular flexibility index (Phi) is 4.50. The van der Waals surface area contributed by atoms with Crippen LogP contribution >= 0.6 is 11.3 Å². The third-order valence-electron chi connectivity index (χ3n) is 4.79. The minimum atomic E-state index is -0.342. The molecule has 1 aliphatic rings. The van der Waals surface area contributed by atoms with Crippen molar-refractivity contribution >= 4 is 22.2 Å². The highest BCUT2D eigenvalue weighted by Crippen LogP contribution is 2.24. The molecule has 0 saturated heterocycles. The highest BCUT2D eigenvalue weighted by molar-refractivity contribution is 7.17. The van der Waals surface area contributed by atoms with Crippen LogP contribution in [0.2, 0.25) is 0 Å². The molecule has 3 N–H and O–H groups in total. The lowest BCUT2D eigenvalue weighted by Crippen LogP contribution is -2.46. The largest absolute Gasteiger partial charge is 0.349 e. The molecular weight excluding hydrogens is 312 g/mol. The summed E-state index contributed by atoms with van der Waals surface area (Å²) in [4.78, 5) is 31.1. The van der Waals surface area contributed by atoms with Gasteiger partial charge in [-0.05, 0) is 39.2 Å². The highest BCUT2D eigenvalue weighted by Gasteiger charge is 2.27. The fourth-order valence-electron chi connectivity index (χ4n) is 3.26. The van der Waals surface area contributed by atoms with E-state index in [9.17, 15) is 9.59 Å². The Bertz CT molecular complexity index is 795. The Hall–Kier alpha value is -1.73. The number of rotatable bonds is 3. The summed E-state index contributed by atoms with van der Waals surface area (Å²) >= 11 is 1.46. The normalized spacial score (nSPS) is 21.5. The molecule has 0 radical (unpaired) electrons. The van der Waals surface area contributed by atoms with Crippen molar-refractivity contribution in [2.24, 2.45) is 11.7 Å². The molecule has 2 atom stereocenters. The van der Waals surface area contributed by atoms with Crippen molar-refractivity contribution in [2.75, 3.05) is 6.54 Å². The van der Waals surface area contributed by atoms with Gasteiger partial charge in [0.15, 0.2) is 4.96 Å². The number of hydrogen-bond acceptors (Lipinski definition) is 5. The summed E-state index contributed by atoms with van der Waals surface area (Å²) in [6.07, 6.45) is 5.57. The molecule has 2 unspecified atom stereocenters. The van der Waals surface area contributed by atoms with Crippen LogP contribution in [0.1, 0.15) is 46.6 Å². The predicted molar refractivity (Wildman–Crippen MR) is 91.1 cm³/mol. The first kappa shape index (κ1) is 16.1. The molecule has 2 aromatic rings. The molecule has 2 heterocycles. The Morgan fingerprint density at radius 3 is 2.91 bits per heavy atom. The second kappa shape index (κ2) is 6.41. The molecule has 124 valence electrons. The minimum Gasteiger partial charge on any atom is -0.349 e. The number of nitrogens with two attached hydrogens (primary N) is 1. The van der Waals surface area contributed by atoms with Gasteiger partial charge in [0.2, 0.25) is 0 Å². The van der Waals surface area contributed by atoms with Crippen LogP contribution in [0.15, 0.2) is 11.0 Å². The van der Waals surface area contributed by atoms with Crippen molar-refractivity contribution in [1.82, 2.24) is 14.7 Å². The standard InChI is InChI=1S/C16H22N4O2S/c1-9-10(2)23-16-18-8-12(15(22)20(9)16)14(21)19-13-6-4-3-5-11(13)7-17/h8,11,13H,3-7,17H2,1-2H3,(H,19,21). The Labute approximate surface area is 138 Å². The second-order valence-electron chi connectivity index (χ2n) is 6.20. The van der Waals surface area contributed by atoms with Crippen molar-refractivity contribution in [2.45, 2.75) is 45.6 Å². The number of hydrogen-bond donors (Lipinski definition) is 2. The highest BCUT2D eigenvalue weighted by atomic mass is 32.1. The summed E-state index contributed by atoms with van der Waals surface area (Å²) in [5.74, 6) is -0.0530. The van der Waals surface area contributed by atoms with Crippen LogP contribution in [-0.4, -0.2) is 27.9 Å². The van der Waals surface area contributed by atoms with E-state index in [1.165, 1.54) is 21.9 Å². The zero-order valence-corrected chi connectivity index (χ0v) is 14.3. The lowest BCUT2D eigenvalue weighted by molar-refractivity contribution is 0.0906. The molecule has 0 aromatic carbocycles. The molecule has 1 amide bonds. The summed E-state index contributed by atoms with van der Waals surface area (Å²) < 4.78 is 1.52. The van der Waals surface area contributed by atoms with E-state index in [1.54, 1.807) is 0 Å². The molecule has 7 heteroatoms. The van der Waals surface area contributed by atoms with Crippen molar-refractivity contribution < 1.29 is 4.79 Å². The number of nitrogens with zero attached hydrogens (tertiary/aromatic N) is 2. The van der Waals surface area contributed by atoms with E-state index in [0.29, 0.717) is 11.5 Å². The summed E-state index contributed by atoms with van der Waals surface area (Å²) in [6.45, 7) is 4.38. The van der Waals surface area contributed by atoms with Gasteiger partial charge in [0, 0.05) is 22.8 Å². The summed E-state index contributed by atoms with van der Waals surface area (Å²) in [5, 5.41) is 3.00. The van der Waals surface area contributed by atoms with E-state index in [-0.39, 0.29) is 29.0 Å². The fourth-order valence-corrected chi connectivity index (χ4v) is 4.19. The quantitative estimate of drug-likeness (QED) is 0.892. The van der Waals surface area contributed by atoms with Gasteiger partial charge in [-0.2, -0.15) is 0 Å². The third-order valence-corrected chi connectivity index (χ3v) is 5.86. The van der Waals surface area contributed by atoms with Gasteiger partial charge < -0.3 is 11.1 Å². The number of carbonyl (C=O) groups is 1. The van der Waals surface area contributed by atoms with Crippen LogP contribution in [-0.2, 0) is 0 Å². The van der Waals surface area contributed by atoms with Crippen LogP contribution < -0.4 is 16.6 Å². The number of fused-ring (bicyclic) bond motifs is 1. The zero-order valence-electron chi connectivity index (χ0n) is 13.5. The fraction of sp³-hybridized carbons (Fsp3) is 0.562. The van der Waals surface area contributed by atoms with Crippen LogP contribution in [0.3, 0.4) is 0 Å². The maximum absolute atomic E-state index is 12.6. The monoisotopic (exact) mass is 334 g/mol. The topological polar surface area (TPSA) is 89.5 Å². The van der Waals surface area contributed by atoms with Crippen molar-refractivity contribution in [3.8, 4) is 0 Å². The maximum atomic E-state index is 12.6.